The fourth-order valence-corrected chi connectivity index (χ4v) is 3.96. The molecule has 118 valence electrons. The Labute approximate surface area is 121 Å². The first-order chi connectivity index (χ1) is 9.39. The molecule has 3 atom stereocenters. The number of aliphatic hydroxyl groups is 1. The molecule has 0 spiro atoms. The van der Waals surface area contributed by atoms with E-state index in [0.717, 1.165) is 19.3 Å². The van der Waals surface area contributed by atoms with Gasteiger partial charge in [0.2, 0.25) is 15.9 Å². The van der Waals surface area contributed by atoms with Gasteiger partial charge in [-0.15, -0.1) is 0 Å². The second-order valence-corrected chi connectivity index (χ2v) is 7.41. The van der Waals surface area contributed by atoms with E-state index in [1.165, 1.54) is 0 Å². The lowest BCUT2D eigenvalue weighted by Gasteiger charge is -2.20. The molecule has 0 radical (unpaired) electrons. The number of hydrogen-bond donors (Lipinski definition) is 3. The monoisotopic (exact) mass is 306 g/mol. The number of nitrogens with one attached hydrogen (secondary N) is 2. The van der Waals surface area contributed by atoms with Crippen molar-refractivity contribution in [1.29, 1.82) is 0 Å². The molecule has 1 rings (SSSR count). The summed E-state index contributed by atoms with van der Waals surface area (Å²) in [6, 6.07) is -0.763. The second kappa shape index (κ2) is 7.95. The Morgan fingerprint density at radius 2 is 2.00 bits per heavy atom. The molecule has 1 fully saturated rings. The maximum Gasteiger partial charge on any atom is 0.237 e. The third kappa shape index (κ3) is 5.38. The highest BCUT2D eigenvalue weighted by Crippen LogP contribution is 2.30. The Hall–Kier alpha value is -0.660. The topological polar surface area (TPSA) is 95.5 Å². The van der Waals surface area contributed by atoms with Gasteiger partial charge in [0.25, 0.3) is 0 Å². The van der Waals surface area contributed by atoms with Crippen molar-refractivity contribution in [2.24, 2.45) is 11.8 Å². The molecule has 0 bridgehead atoms. The zero-order valence-electron chi connectivity index (χ0n) is 12.3. The van der Waals surface area contributed by atoms with Crippen LogP contribution in [0.25, 0.3) is 0 Å². The lowest BCUT2D eigenvalue weighted by molar-refractivity contribution is -0.122. The quantitative estimate of drug-likeness (QED) is 0.598. The molecule has 1 saturated carbocycles. The van der Waals surface area contributed by atoms with Gasteiger partial charge in [0.15, 0.2) is 0 Å². The van der Waals surface area contributed by atoms with Crippen LogP contribution >= 0.6 is 0 Å². The summed E-state index contributed by atoms with van der Waals surface area (Å²) in [5, 5.41) is 12.0. The van der Waals surface area contributed by atoms with E-state index in [0.29, 0.717) is 18.9 Å². The van der Waals surface area contributed by atoms with Crippen molar-refractivity contribution < 1.29 is 18.3 Å². The van der Waals surface area contributed by atoms with E-state index in [2.05, 4.69) is 10.0 Å². The number of carbonyl (C=O) groups is 1. The maximum atomic E-state index is 11.9. The van der Waals surface area contributed by atoms with Crippen LogP contribution in [0, 0.1) is 11.8 Å². The van der Waals surface area contributed by atoms with E-state index >= 15 is 0 Å². The van der Waals surface area contributed by atoms with Crippen LogP contribution in [0.2, 0.25) is 0 Å². The molecule has 7 heteroatoms. The molecule has 1 aliphatic rings. The molecular weight excluding hydrogens is 280 g/mol. The Bertz CT molecular complexity index is 411. The van der Waals surface area contributed by atoms with Gasteiger partial charge in [-0.25, -0.2) is 13.1 Å². The van der Waals surface area contributed by atoms with E-state index in [-0.39, 0.29) is 24.2 Å². The van der Waals surface area contributed by atoms with Crippen LogP contribution in [0.3, 0.4) is 0 Å². The Balaban J connectivity index is 2.38. The van der Waals surface area contributed by atoms with Crippen LogP contribution in [0.15, 0.2) is 0 Å². The normalized spacial score (nSPS) is 24.6. The van der Waals surface area contributed by atoms with Crippen molar-refractivity contribution >= 4 is 15.9 Å². The van der Waals surface area contributed by atoms with E-state index < -0.39 is 16.1 Å². The van der Waals surface area contributed by atoms with Crippen molar-refractivity contribution in [3.8, 4) is 0 Å². The van der Waals surface area contributed by atoms with Crippen molar-refractivity contribution in [1.82, 2.24) is 10.0 Å². The molecule has 0 aromatic rings. The van der Waals surface area contributed by atoms with Gasteiger partial charge in [0.05, 0.1) is 11.8 Å². The first-order valence-electron chi connectivity index (χ1n) is 7.28. The Kier molecular flexibility index (Phi) is 6.91. The summed E-state index contributed by atoms with van der Waals surface area (Å²) in [6.45, 7) is 3.98. The van der Waals surface area contributed by atoms with E-state index in [4.69, 9.17) is 0 Å². The minimum Gasteiger partial charge on any atom is -0.396 e. The first-order valence-corrected chi connectivity index (χ1v) is 8.93. The molecular formula is C13H26N2O4S. The average Bonchev–Trinajstić information content (AvgIpc) is 2.82. The lowest BCUT2D eigenvalue weighted by atomic mass is 9.97. The van der Waals surface area contributed by atoms with Crippen LogP contribution in [0.5, 0.6) is 0 Å². The van der Waals surface area contributed by atoms with Crippen LogP contribution in [0.4, 0.5) is 0 Å². The van der Waals surface area contributed by atoms with Crippen molar-refractivity contribution in [3.63, 3.8) is 0 Å². The highest BCUT2D eigenvalue weighted by atomic mass is 32.2. The van der Waals surface area contributed by atoms with Crippen LogP contribution < -0.4 is 10.0 Å². The molecule has 0 aromatic heterocycles. The minimum atomic E-state index is -3.38. The molecule has 20 heavy (non-hydrogen) atoms. The highest BCUT2D eigenvalue weighted by Gasteiger charge is 2.27. The summed E-state index contributed by atoms with van der Waals surface area (Å²) in [5.74, 6) is 0.263. The smallest absolute Gasteiger partial charge is 0.237 e. The number of aliphatic hydroxyl groups excluding tert-OH is 1. The minimum absolute atomic E-state index is 0.0276. The molecule has 3 unspecified atom stereocenters. The second-order valence-electron chi connectivity index (χ2n) is 5.54. The summed E-state index contributed by atoms with van der Waals surface area (Å²) in [6.07, 6.45) is 3.59. The average molecular weight is 306 g/mol. The van der Waals surface area contributed by atoms with E-state index in [1.54, 1.807) is 13.8 Å². The molecule has 0 heterocycles. The molecule has 0 saturated heterocycles. The molecule has 3 N–H and O–H groups in total. The van der Waals surface area contributed by atoms with E-state index in [1.807, 2.05) is 0 Å². The predicted octanol–water partition coefficient (Wildman–Crippen LogP) is 0.229. The largest absolute Gasteiger partial charge is 0.396 e. The van der Waals surface area contributed by atoms with Crippen LogP contribution in [0.1, 0.15) is 39.5 Å². The highest BCUT2D eigenvalue weighted by molar-refractivity contribution is 7.89. The van der Waals surface area contributed by atoms with Gasteiger partial charge in [-0.05, 0) is 38.0 Å². The number of hydrogen-bond acceptors (Lipinski definition) is 4. The SMILES string of the molecule is CCCS(=O)(=O)NC(C)C(=O)NCC1CCCC1CO. The van der Waals surface area contributed by atoms with Crippen molar-refractivity contribution in [3.05, 3.63) is 0 Å². The number of rotatable bonds is 8. The van der Waals surface area contributed by atoms with Gasteiger partial charge >= 0.3 is 0 Å². The summed E-state index contributed by atoms with van der Waals surface area (Å²) in [4.78, 5) is 11.9. The van der Waals surface area contributed by atoms with Crippen LogP contribution in [-0.4, -0.2) is 44.4 Å². The third-order valence-corrected chi connectivity index (χ3v) is 5.47. The Morgan fingerprint density at radius 1 is 1.35 bits per heavy atom. The van der Waals surface area contributed by atoms with Gasteiger partial charge in [-0.1, -0.05) is 13.3 Å². The van der Waals surface area contributed by atoms with E-state index in [9.17, 15) is 18.3 Å². The summed E-state index contributed by atoms with van der Waals surface area (Å²) >= 11 is 0. The van der Waals surface area contributed by atoms with Crippen molar-refractivity contribution in [2.45, 2.75) is 45.6 Å². The zero-order valence-corrected chi connectivity index (χ0v) is 13.1. The number of carbonyl (C=O) groups excluding carboxylic acids is 1. The summed E-state index contributed by atoms with van der Waals surface area (Å²) < 4.78 is 25.5. The fourth-order valence-electron chi connectivity index (χ4n) is 2.66. The lowest BCUT2D eigenvalue weighted by Crippen LogP contribution is -2.46. The standard InChI is InChI=1S/C13H26N2O4S/c1-3-7-20(18,19)15-10(2)13(17)14-8-11-5-4-6-12(11)9-16/h10-12,15-16H,3-9H2,1-2H3,(H,14,17). The summed E-state index contributed by atoms with van der Waals surface area (Å²) in [5.41, 5.74) is 0. The molecule has 1 aliphatic carbocycles. The van der Waals surface area contributed by atoms with Gasteiger partial charge < -0.3 is 10.4 Å². The molecule has 1 amide bonds. The summed E-state index contributed by atoms with van der Waals surface area (Å²) in [7, 11) is -3.38. The Morgan fingerprint density at radius 3 is 2.60 bits per heavy atom. The molecule has 0 aliphatic heterocycles. The zero-order chi connectivity index (χ0) is 15.2. The fraction of sp³-hybridized carbons (Fsp3) is 0.923. The van der Waals surface area contributed by atoms with Gasteiger partial charge in [-0.2, -0.15) is 0 Å². The van der Waals surface area contributed by atoms with Gasteiger partial charge in [-0.3, -0.25) is 4.79 Å². The van der Waals surface area contributed by atoms with Gasteiger partial charge in [0.1, 0.15) is 0 Å². The van der Waals surface area contributed by atoms with Gasteiger partial charge in [0, 0.05) is 13.2 Å². The first kappa shape index (κ1) is 17.4. The third-order valence-electron chi connectivity index (χ3n) is 3.81. The number of sulfonamides is 1. The number of amides is 1. The molecule has 6 nitrogen and oxygen atoms in total. The van der Waals surface area contributed by atoms with Crippen LogP contribution in [-0.2, 0) is 14.8 Å². The predicted molar refractivity (Wildman–Crippen MR) is 77.6 cm³/mol. The van der Waals surface area contributed by atoms with Crippen molar-refractivity contribution in [2.75, 3.05) is 18.9 Å². The molecule has 0 aromatic carbocycles. The maximum absolute atomic E-state index is 11.9.